The topological polar surface area (TPSA) is 173 Å². The average Bonchev–Trinajstić information content (AvgIpc) is 3.61. The van der Waals surface area contributed by atoms with Gasteiger partial charge in [-0.05, 0) is 67.3 Å². The Hall–Kier alpha value is -5.09. The Balaban J connectivity index is 0.000000224. The van der Waals surface area contributed by atoms with Crippen molar-refractivity contribution in [2.75, 3.05) is 34.6 Å². The molecule has 48 heavy (non-hydrogen) atoms. The summed E-state index contributed by atoms with van der Waals surface area (Å²) in [6.45, 7) is 0.693. The highest BCUT2D eigenvalue weighted by Gasteiger charge is 2.26. The Kier molecular flexibility index (Phi) is 11.3. The summed E-state index contributed by atoms with van der Waals surface area (Å²) in [7, 11) is -5.00. The molecule has 1 N–H and O–H groups in total. The van der Waals surface area contributed by atoms with Crippen LogP contribution in [0.15, 0.2) is 107 Å². The van der Waals surface area contributed by atoms with Gasteiger partial charge in [0.1, 0.15) is 5.69 Å². The first-order valence-corrected chi connectivity index (χ1v) is 17.7. The van der Waals surface area contributed by atoms with Gasteiger partial charge in [0, 0.05) is 32.8 Å². The largest absolute Gasteiger partial charge is 0.379 e. The minimum absolute atomic E-state index is 0.00644. The van der Waals surface area contributed by atoms with Gasteiger partial charge in [-0.15, -0.1) is 0 Å². The first-order valence-electron chi connectivity index (χ1n) is 14.8. The molecule has 16 heteroatoms. The van der Waals surface area contributed by atoms with Crippen molar-refractivity contribution in [3.05, 3.63) is 123 Å². The van der Waals surface area contributed by atoms with Crippen molar-refractivity contribution in [2.24, 2.45) is 5.92 Å². The van der Waals surface area contributed by atoms with Crippen LogP contribution in [0.25, 0.3) is 0 Å². The number of halogens is 1. The maximum atomic E-state index is 13.3. The molecule has 0 radical (unpaired) electrons. The first kappa shape index (κ1) is 35.8. The van der Waals surface area contributed by atoms with Crippen LogP contribution in [0.4, 0.5) is 32.8 Å². The van der Waals surface area contributed by atoms with Crippen LogP contribution in [0.3, 0.4) is 0 Å². The van der Waals surface area contributed by atoms with Crippen LogP contribution in [0.1, 0.15) is 25.7 Å². The quantitative estimate of drug-likeness (QED) is 0.134. The third-order valence-electron chi connectivity index (χ3n) is 7.89. The Morgan fingerprint density at radius 1 is 0.708 bits per heavy atom. The molecule has 0 aliphatic heterocycles. The molecule has 1 aliphatic carbocycles. The van der Waals surface area contributed by atoms with Crippen LogP contribution in [-0.4, -0.2) is 47.3 Å². The third-order valence-corrected chi connectivity index (χ3v) is 11.5. The van der Waals surface area contributed by atoms with E-state index in [2.05, 4.69) is 5.32 Å². The number of nitrogens with zero attached hydrogens (tertiary/aromatic N) is 4. The molecule has 13 nitrogen and oxygen atoms in total. The van der Waals surface area contributed by atoms with Crippen molar-refractivity contribution >= 4 is 48.5 Å². The van der Waals surface area contributed by atoms with Crippen LogP contribution in [0.5, 0.6) is 0 Å². The van der Waals surface area contributed by atoms with E-state index < -0.39 is 41.4 Å². The fourth-order valence-corrected chi connectivity index (χ4v) is 7.52. The molecular weight excluding hydrogens is 666 g/mol. The summed E-state index contributed by atoms with van der Waals surface area (Å²) in [4.78, 5) is 21.0. The lowest BCUT2D eigenvalue weighted by Gasteiger charge is -2.20. The molecule has 254 valence electrons. The normalized spacial score (nSPS) is 13.2. The summed E-state index contributed by atoms with van der Waals surface area (Å²) < 4.78 is 65.4. The van der Waals surface area contributed by atoms with E-state index in [-0.39, 0.29) is 26.9 Å². The highest BCUT2D eigenvalue weighted by molar-refractivity contribution is 7.93. The molecule has 5 rings (SSSR count). The van der Waals surface area contributed by atoms with Crippen molar-refractivity contribution in [3.63, 3.8) is 0 Å². The zero-order valence-corrected chi connectivity index (χ0v) is 27.7. The van der Waals surface area contributed by atoms with Crippen molar-refractivity contribution in [3.8, 4) is 0 Å². The monoisotopic (exact) mass is 699 g/mol. The summed E-state index contributed by atoms with van der Waals surface area (Å²) in [5, 5.41) is 25.4. The smallest absolute Gasteiger partial charge is 0.306 e. The van der Waals surface area contributed by atoms with Crippen molar-refractivity contribution in [1.29, 1.82) is 0 Å². The lowest BCUT2D eigenvalue weighted by molar-refractivity contribution is -0.387. The number of sulfonamides is 2. The fourth-order valence-electron chi connectivity index (χ4n) is 5.10. The molecule has 0 amide bonds. The minimum atomic E-state index is -3.86. The molecule has 0 bridgehead atoms. The van der Waals surface area contributed by atoms with Gasteiger partial charge in [-0.1, -0.05) is 49.2 Å². The van der Waals surface area contributed by atoms with Crippen LogP contribution in [-0.2, 0) is 20.0 Å². The van der Waals surface area contributed by atoms with E-state index in [1.54, 1.807) is 48.5 Å². The van der Waals surface area contributed by atoms with E-state index in [9.17, 15) is 41.5 Å². The number of hydrogen-bond donors (Lipinski definition) is 1. The molecule has 1 fully saturated rings. The molecule has 0 aromatic heterocycles. The number of hydrogen-bond acceptors (Lipinski definition) is 9. The second-order valence-electron chi connectivity index (χ2n) is 11.0. The number of anilines is 3. The van der Waals surface area contributed by atoms with Gasteiger partial charge in [0.15, 0.2) is 0 Å². The second-order valence-corrected chi connectivity index (χ2v) is 14.9. The van der Waals surface area contributed by atoms with Gasteiger partial charge in [-0.25, -0.2) is 16.8 Å². The average molecular weight is 700 g/mol. The van der Waals surface area contributed by atoms with Gasteiger partial charge in [0.2, 0.25) is 5.82 Å². The Labute approximate surface area is 278 Å². The van der Waals surface area contributed by atoms with Crippen LogP contribution in [0.2, 0.25) is 0 Å². The standard InChI is InChI=1S/C19H23N3O4S.C13H11FN2O4S/c1-21(27(25,26)17-9-3-2-4-10-17)16-11-12-18(19(13-16)22(23)24)20-14-15-7-5-6-8-15;1-15(21(19,20)11-5-3-2-4-6-11)10-7-8-12(14)13(9-10)16(17)18/h2-4,9-13,15,20H,5-8,14H2,1H3;2-9H,1H3. The molecule has 1 saturated carbocycles. The van der Waals surface area contributed by atoms with E-state index in [1.807, 2.05) is 0 Å². The number of benzene rings is 4. The lowest BCUT2D eigenvalue weighted by atomic mass is 10.1. The van der Waals surface area contributed by atoms with E-state index >= 15 is 0 Å². The molecule has 0 heterocycles. The molecule has 0 saturated heterocycles. The Bertz CT molecular complexity index is 1980. The third kappa shape index (κ3) is 8.24. The Morgan fingerprint density at radius 3 is 1.60 bits per heavy atom. The van der Waals surface area contributed by atoms with Crippen LogP contribution in [0, 0.1) is 32.0 Å². The predicted molar refractivity (Wildman–Crippen MR) is 181 cm³/mol. The van der Waals surface area contributed by atoms with Gasteiger partial charge in [-0.3, -0.25) is 28.8 Å². The van der Waals surface area contributed by atoms with E-state index in [0.29, 0.717) is 18.2 Å². The van der Waals surface area contributed by atoms with Gasteiger partial charge in [-0.2, -0.15) is 4.39 Å². The van der Waals surface area contributed by atoms with Gasteiger partial charge < -0.3 is 5.32 Å². The first-order chi connectivity index (χ1) is 22.7. The van der Waals surface area contributed by atoms with Gasteiger partial charge in [0.05, 0.1) is 31.0 Å². The fraction of sp³-hybridized carbons (Fsp3) is 0.250. The SMILES string of the molecule is CN(c1ccc(F)c([N+](=O)[O-])c1)S(=O)(=O)c1ccccc1.CN(c1ccc(NCC2CCCC2)c([N+](=O)[O-])c1)S(=O)(=O)c1ccccc1. The molecule has 4 aromatic carbocycles. The minimum Gasteiger partial charge on any atom is -0.379 e. The van der Waals surface area contributed by atoms with Crippen molar-refractivity contribution in [1.82, 2.24) is 0 Å². The zero-order valence-electron chi connectivity index (χ0n) is 26.1. The highest BCUT2D eigenvalue weighted by Crippen LogP contribution is 2.33. The molecule has 0 atom stereocenters. The number of nitro benzene ring substituents is 2. The summed E-state index contributed by atoms with van der Waals surface area (Å²) >= 11 is 0. The predicted octanol–water partition coefficient (Wildman–Crippen LogP) is 6.58. The molecule has 0 spiro atoms. The molecule has 1 aliphatic rings. The summed E-state index contributed by atoms with van der Waals surface area (Å²) in [6, 6.07) is 23.0. The molecule has 0 unspecified atom stereocenters. The van der Waals surface area contributed by atoms with E-state index in [4.69, 9.17) is 0 Å². The number of nitro groups is 2. The molecule has 4 aromatic rings. The molecular formula is C32H34FN5O8S2. The van der Waals surface area contributed by atoms with Crippen molar-refractivity contribution in [2.45, 2.75) is 35.5 Å². The summed E-state index contributed by atoms with van der Waals surface area (Å²) in [5.74, 6) is -0.486. The Morgan fingerprint density at radius 2 is 1.15 bits per heavy atom. The number of nitrogens with one attached hydrogen (secondary N) is 1. The lowest BCUT2D eigenvalue weighted by Crippen LogP contribution is -2.26. The second kappa shape index (κ2) is 15.2. The summed E-state index contributed by atoms with van der Waals surface area (Å²) in [6.07, 6.45) is 4.68. The zero-order chi connectivity index (χ0) is 35.1. The van der Waals surface area contributed by atoms with Crippen LogP contribution >= 0.6 is 0 Å². The van der Waals surface area contributed by atoms with Crippen molar-refractivity contribution < 1.29 is 31.1 Å². The highest BCUT2D eigenvalue weighted by atomic mass is 32.2. The number of rotatable bonds is 11. The maximum absolute atomic E-state index is 13.3. The summed E-state index contributed by atoms with van der Waals surface area (Å²) in [5.41, 5.74) is -0.228. The van der Waals surface area contributed by atoms with Gasteiger partial charge in [0.25, 0.3) is 25.7 Å². The maximum Gasteiger partial charge on any atom is 0.306 e. The van der Waals surface area contributed by atoms with E-state index in [1.165, 1.54) is 63.3 Å². The van der Waals surface area contributed by atoms with Gasteiger partial charge >= 0.3 is 5.69 Å². The van der Waals surface area contributed by atoms with E-state index in [0.717, 1.165) is 33.6 Å². The van der Waals surface area contributed by atoms with Crippen LogP contribution < -0.4 is 13.9 Å².